The maximum atomic E-state index is 11.2. The van der Waals surface area contributed by atoms with Gasteiger partial charge in [-0.3, -0.25) is 4.79 Å². The Morgan fingerprint density at radius 2 is 2.40 bits per heavy atom. The molecule has 7 heteroatoms. The summed E-state index contributed by atoms with van der Waals surface area (Å²) in [6.45, 7) is 0.622. The number of amides is 1. The molecule has 1 aliphatic heterocycles. The van der Waals surface area contributed by atoms with Gasteiger partial charge in [-0.2, -0.15) is 0 Å². The fourth-order valence-corrected chi connectivity index (χ4v) is 2.21. The predicted molar refractivity (Wildman–Crippen MR) is 76.1 cm³/mol. The van der Waals surface area contributed by atoms with E-state index in [0.29, 0.717) is 23.0 Å². The molecule has 0 unspecified atom stereocenters. The third kappa shape index (κ3) is 2.42. The Kier molecular flexibility index (Phi) is 3.23. The highest BCUT2D eigenvalue weighted by atomic mass is 35.5. The molecular weight excluding hydrogens is 280 g/mol. The average molecular weight is 293 g/mol. The fraction of sp³-hybridized carbons (Fsp3) is 0.231. The summed E-state index contributed by atoms with van der Waals surface area (Å²) in [7, 11) is 1.93. The topological polar surface area (TPSA) is 68.2 Å². The maximum absolute atomic E-state index is 11.2. The van der Waals surface area contributed by atoms with E-state index >= 15 is 0 Å². The zero-order chi connectivity index (χ0) is 14.1. The predicted octanol–water partition coefficient (Wildman–Crippen LogP) is 2.02. The van der Waals surface area contributed by atoms with Crippen LogP contribution in [0.15, 0.2) is 24.7 Å². The van der Waals surface area contributed by atoms with Crippen LogP contribution in [0.2, 0.25) is 5.02 Å². The van der Waals surface area contributed by atoms with Crippen molar-refractivity contribution in [2.24, 2.45) is 7.05 Å². The quantitative estimate of drug-likeness (QED) is 0.908. The second kappa shape index (κ2) is 5.05. The summed E-state index contributed by atoms with van der Waals surface area (Å²) in [5, 5.41) is 6.47. The Balaban J connectivity index is 1.80. The van der Waals surface area contributed by atoms with Gasteiger partial charge in [0.25, 0.3) is 5.91 Å². The van der Waals surface area contributed by atoms with E-state index in [1.54, 1.807) is 24.7 Å². The molecule has 1 amide bonds. The van der Waals surface area contributed by atoms with Crippen LogP contribution in [-0.4, -0.2) is 22.1 Å². The van der Waals surface area contributed by atoms with Gasteiger partial charge in [0, 0.05) is 19.3 Å². The van der Waals surface area contributed by atoms with Gasteiger partial charge in [0.05, 0.1) is 35.0 Å². The molecule has 6 nitrogen and oxygen atoms in total. The minimum absolute atomic E-state index is 0.0236. The summed E-state index contributed by atoms with van der Waals surface area (Å²) in [4.78, 5) is 15.3. The minimum atomic E-state index is -0.177. The highest BCUT2D eigenvalue weighted by Gasteiger charge is 2.18. The van der Waals surface area contributed by atoms with Crippen LogP contribution >= 0.6 is 11.6 Å². The van der Waals surface area contributed by atoms with Crippen LogP contribution in [0.4, 0.5) is 11.4 Å². The van der Waals surface area contributed by atoms with Gasteiger partial charge in [-0.15, -0.1) is 0 Å². The number of imidazole rings is 1. The molecule has 1 aromatic carbocycles. The molecule has 0 saturated carbocycles. The van der Waals surface area contributed by atoms with Crippen LogP contribution in [0.3, 0.4) is 0 Å². The third-order valence-electron chi connectivity index (χ3n) is 3.08. The number of nitrogens with one attached hydrogen (secondary N) is 2. The molecule has 2 N–H and O–H groups in total. The lowest BCUT2D eigenvalue weighted by atomic mass is 10.2. The Labute approximate surface area is 120 Å². The first-order chi connectivity index (χ1) is 9.63. The molecule has 0 saturated heterocycles. The molecule has 0 radical (unpaired) electrons. The van der Waals surface area contributed by atoms with Crippen molar-refractivity contribution in [3.63, 3.8) is 0 Å². The van der Waals surface area contributed by atoms with E-state index in [0.717, 1.165) is 11.4 Å². The first kappa shape index (κ1) is 12.8. The van der Waals surface area contributed by atoms with Gasteiger partial charge in [-0.05, 0) is 6.07 Å². The first-order valence-electron chi connectivity index (χ1n) is 6.09. The van der Waals surface area contributed by atoms with Crippen molar-refractivity contribution in [3.05, 3.63) is 35.4 Å². The van der Waals surface area contributed by atoms with Crippen LogP contribution in [0.5, 0.6) is 5.75 Å². The van der Waals surface area contributed by atoms with Crippen molar-refractivity contribution in [1.82, 2.24) is 9.55 Å². The third-order valence-corrected chi connectivity index (χ3v) is 3.39. The molecule has 0 aliphatic carbocycles. The molecule has 0 fully saturated rings. The highest BCUT2D eigenvalue weighted by Crippen LogP contribution is 2.36. The first-order valence-corrected chi connectivity index (χ1v) is 6.46. The second-order valence-corrected chi connectivity index (χ2v) is 4.92. The Morgan fingerprint density at radius 3 is 3.15 bits per heavy atom. The summed E-state index contributed by atoms with van der Waals surface area (Å²) >= 11 is 6.20. The van der Waals surface area contributed by atoms with E-state index in [9.17, 15) is 4.79 Å². The number of carbonyl (C=O) groups is 1. The number of aromatic nitrogens is 2. The summed E-state index contributed by atoms with van der Waals surface area (Å²) in [5.74, 6) is 0.436. The summed E-state index contributed by atoms with van der Waals surface area (Å²) in [6.07, 6.45) is 3.53. The lowest BCUT2D eigenvalue weighted by Gasteiger charge is -2.20. The van der Waals surface area contributed by atoms with Gasteiger partial charge in [-0.1, -0.05) is 11.6 Å². The van der Waals surface area contributed by atoms with E-state index in [1.807, 2.05) is 11.6 Å². The molecule has 1 aromatic heterocycles. The van der Waals surface area contributed by atoms with E-state index in [4.69, 9.17) is 16.3 Å². The largest absolute Gasteiger partial charge is 0.482 e. The Hall–Kier alpha value is -2.21. The van der Waals surface area contributed by atoms with Crippen molar-refractivity contribution in [1.29, 1.82) is 0 Å². The van der Waals surface area contributed by atoms with Gasteiger partial charge in [-0.25, -0.2) is 4.98 Å². The Bertz CT molecular complexity index is 668. The van der Waals surface area contributed by atoms with Crippen molar-refractivity contribution in [2.75, 3.05) is 17.2 Å². The number of hydrogen-bond acceptors (Lipinski definition) is 4. The van der Waals surface area contributed by atoms with Crippen molar-refractivity contribution < 1.29 is 9.53 Å². The number of nitrogens with zero attached hydrogens (tertiary/aromatic N) is 2. The number of aryl methyl sites for hydroxylation is 1. The standard InChI is InChI=1S/C13H13ClN4O2/c1-18-7-15-4-8(18)5-16-10-3-12-11(2-9(10)14)17-13(19)6-20-12/h2-4,7,16H,5-6H2,1H3,(H,17,19). The van der Waals surface area contributed by atoms with Crippen LogP contribution in [0.1, 0.15) is 5.69 Å². The Morgan fingerprint density at radius 1 is 1.55 bits per heavy atom. The van der Waals surface area contributed by atoms with Gasteiger partial charge >= 0.3 is 0 Å². The lowest BCUT2D eigenvalue weighted by molar-refractivity contribution is -0.118. The molecule has 20 heavy (non-hydrogen) atoms. The molecule has 104 valence electrons. The molecule has 0 atom stereocenters. The van der Waals surface area contributed by atoms with Gasteiger partial charge in [0.2, 0.25) is 0 Å². The number of fused-ring (bicyclic) bond motifs is 1. The molecule has 2 heterocycles. The number of ether oxygens (including phenoxy) is 1. The molecule has 2 aromatic rings. The zero-order valence-corrected chi connectivity index (χ0v) is 11.6. The van der Waals surface area contributed by atoms with Gasteiger partial charge in [0.15, 0.2) is 6.61 Å². The average Bonchev–Trinajstić information content (AvgIpc) is 2.82. The monoisotopic (exact) mass is 292 g/mol. The smallest absolute Gasteiger partial charge is 0.262 e. The SMILES string of the molecule is Cn1cncc1CNc1cc2c(cc1Cl)NC(=O)CO2. The number of rotatable bonds is 3. The summed E-state index contributed by atoms with van der Waals surface area (Å²) in [6, 6.07) is 3.47. The number of benzene rings is 1. The molecule has 0 bridgehead atoms. The fourth-order valence-electron chi connectivity index (χ4n) is 1.98. The van der Waals surface area contributed by atoms with E-state index in [2.05, 4.69) is 15.6 Å². The van der Waals surface area contributed by atoms with Gasteiger partial charge < -0.3 is 19.9 Å². The second-order valence-electron chi connectivity index (χ2n) is 4.51. The number of halogens is 1. The van der Waals surface area contributed by atoms with Crippen LogP contribution in [0, 0.1) is 0 Å². The molecule has 1 aliphatic rings. The highest BCUT2D eigenvalue weighted by molar-refractivity contribution is 6.33. The summed E-state index contributed by atoms with van der Waals surface area (Å²) in [5.41, 5.74) is 2.38. The maximum Gasteiger partial charge on any atom is 0.262 e. The van der Waals surface area contributed by atoms with E-state index in [1.165, 1.54) is 0 Å². The molecular formula is C13H13ClN4O2. The molecule has 3 rings (SSSR count). The summed E-state index contributed by atoms with van der Waals surface area (Å²) < 4.78 is 7.29. The van der Waals surface area contributed by atoms with Crippen LogP contribution in [0.25, 0.3) is 0 Å². The molecule has 0 spiro atoms. The van der Waals surface area contributed by atoms with Crippen molar-refractivity contribution >= 4 is 28.9 Å². The van der Waals surface area contributed by atoms with E-state index in [-0.39, 0.29) is 12.5 Å². The zero-order valence-electron chi connectivity index (χ0n) is 10.8. The lowest BCUT2D eigenvalue weighted by Crippen LogP contribution is -2.25. The van der Waals surface area contributed by atoms with Crippen LogP contribution < -0.4 is 15.4 Å². The van der Waals surface area contributed by atoms with Gasteiger partial charge in [0.1, 0.15) is 5.75 Å². The minimum Gasteiger partial charge on any atom is -0.482 e. The normalized spacial score (nSPS) is 13.4. The number of hydrogen-bond donors (Lipinski definition) is 2. The van der Waals surface area contributed by atoms with Crippen molar-refractivity contribution in [3.8, 4) is 5.75 Å². The van der Waals surface area contributed by atoms with Crippen LogP contribution in [-0.2, 0) is 18.4 Å². The number of anilines is 2. The number of carbonyl (C=O) groups excluding carboxylic acids is 1. The van der Waals surface area contributed by atoms with E-state index < -0.39 is 0 Å². The van der Waals surface area contributed by atoms with Crippen molar-refractivity contribution in [2.45, 2.75) is 6.54 Å².